The van der Waals surface area contributed by atoms with Gasteiger partial charge < -0.3 is 4.74 Å². The zero-order valence-corrected chi connectivity index (χ0v) is 15.5. The lowest BCUT2D eigenvalue weighted by Gasteiger charge is -2.21. The number of unbranched alkanes of at least 4 members (excludes halogenated alkanes) is 5. The standard InChI is InChI=1S/C13H26N6O8/c1-3-4-5-6-7-8-9-14(17(21)22)10-15(18(23)24)11-16(19(25)26)12-27-13(2)20/h3-12H2,1-2H3. The third-order valence-electron chi connectivity index (χ3n) is 3.53. The number of carbonyl (C=O) groups is 1. The van der Waals surface area contributed by atoms with Gasteiger partial charge in [-0.25, -0.2) is 30.3 Å². The summed E-state index contributed by atoms with van der Waals surface area (Å²) in [6, 6.07) is 0. The molecule has 0 aromatic carbocycles. The lowest BCUT2D eigenvalue weighted by atomic mass is 10.1. The van der Waals surface area contributed by atoms with E-state index in [1.54, 1.807) is 0 Å². The Hall–Kier alpha value is -2.93. The van der Waals surface area contributed by atoms with Crippen LogP contribution in [0.3, 0.4) is 0 Å². The van der Waals surface area contributed by atoms with Crippen molar-refractivity contribution in [2.75, 3.05) is 26.6 Å². The summed E-state index contributed by atoms with van der Waals surface area (Å²) < 4.78 is 4.46. The highest BCUT2D eigenvalue weighted by atomic mass is 16.7. The molecule has 0 saturated carbocycles. The van der Waals surface area contributed by atoms with Gasteiger partial charge in [0.15, 0.2) is 15.1 Å². The van der Waals surface area contributed by atoms with Gasteiger partial charge in [-0.1, -0.05) is 49.0 Å². The number of nitrogens with zero attached hydrogens (tertiary/aromatic N) is 6. The summed E-state index contributed by atoms with van der Waals surface area (Å²) in [5, 5.41) is 31.7. The van der Waals surface area contributed by atoms with Crippen LogP contribution in [0, 0.1) is 30.3 Å². The predicted octanol–water partition coefficient (Wildman–Crippen LogP) is 1.26. The Labute approximate surface area is 156 Å². The van der Waals surface area contributed by atoms with Gasteiger partial charge in [0.1, 0.15) is 0 Å². The van der Waals surface area contributed by atoms with E-state index < -0.39 is 41.1 Å². The van der Waals surface area contributed by atoms with Crippen molar-refractivity contribution in [3.8, 4) is 0 Å². The molecule has 0 heterocycles. The molecule has 0 aliphatic heterocycles. The smallest absolute Gasteiger partial charge is 0.304 e. The predicted molar refractivity (Wildman–Crippen MR) is 91.1 cm³/mol. The van der Waals surface area contributed by atoms with Crippen molar-refractivity contribution in [2.45, 2.75) is 52.4 Å². The van der Waals surface area contributed by atoms with Crippen LogP contribution >= 0.6 is 0 Å². The van der Waals surface area contributed by atoms with Crippen molar-refractivity contribution in [2.24, 2.45) is 0 Å². The van der Waals surface area contributed by atoms with E-state index in [-0.39, 0.29) is 11.6 Å². The molecular weight excluding hydrogens is 368 g/mol. The molecule has 14 nitrogen and oxygen atoms in total. The lowest BCUT2D eigenvalue weighted by Crippen LogP contribution is -2.50. The van der Waals surface area contributed by atoms with Crippen LogP contribution in [0.4, 0.5) is 0 Å². The second-order valence-corrected chi connectivity index (χ2v) is 5.77. The Balaban J connectivity index is 4.74. The fraction of sp³-hybridized carbons (Fsp3) is 0.923. The highest BCUT2D eigenvalue weighted by Crippen LogP contribution is 2.07. The highest BCUT2D eigenvalue weighted by Gasteiger charge is 2.30. The molecule has 0 saturated heterocycles. The molecule has 156 valence electrons. The molecule has 0 radical (unpaired) electrons. The van der Waals surface area contributed by atoms with Gasteiger partial charge in [-0.05, 0) is 6.42 Å². The third kappa shape index (κ3) is 11.3. The van der Waals surface area contributed by atoms with Gasteiger partial charge in [-0.3, -0.25) is 4.79 Å². The van der Waals surface area contributed by atoms with E-state index in [2.05, 4.69) is 11.7 Å². The van der Waals surface area contributed by atoms with Crippen LogP contribution in [-0.2, 0) is 9.53 Å². The SMILES string of the molecule is CCCCCCCCN(CN(CN(COC(C)=O)[N+](=O)[O-])[N+](=O)[O-])[N+](=O)[O-]. The maximum absolute atomic E-state index is 11.1. The quantitative estimate of drug-likeness (QED) is 0.122. The second-order valence-electron chi connectivity index (χ2n) is 5.77. The van der Waals surface area contributed by atoms with Crippen LogP contribution in [0.15, 0.2) is 0 Å². The topological polar surface area (TPSA) is 165 Å². The number of esters is 1. The molecule has 0 aliphatic carbocycles. The van der Waals surface area contributed by atoms with E-state index in [4.69, 9.17) is 0 Å². The molecule has 0 fully saturated rings. The minimum atomic E-state index is -0.982. The zero-order chi connectivity index (χ0) is 20.8. The molecule has 14 heteroatoms. The average Bonchev–Trinajstić information content (AvgIpc) is 2.57. The van der Waals surface area contributed by atoms with Gasteiger partial charge in [0.25, 0.3) is 0 Å². The molecular formula is C13H26N6O8. The minimum absolute atomic E-state index is 0.0219. The number of rotatable bonds is 16. The van der Waals surface area contributed by atoms with E-state index >= 15 is 0 Å². The number of hydrogen-bond acceptors (Lipinski definition) is 8. The van der Waals surface area contributed by atoms with Gasteiger partial charge in [0.05, 0.1) is 6.54 Å². The molecule has 0 N–H and O–H groups in total. The Morgan fingerprint density at radius 3 is 1.78 bits per heavy atom. The van der Waals surface area contributed by atoms with Crippen LogP contribution in [-0.4, -0.2) is 62.7 Å². The van der Waals surface area contributed by atoms with Crippen molar-refractivity contribution in [3.63, 3.8) is 0 Å². The van der Waals surface area contributed by atoms with Gasteiger partial charge in [0.2, 0.25) is 20.1 Å². The minimum Gasteiger partial charge on any atom is -0.439 e. The summed E-state index contributed by atoms with van der Waals surface area (Å²) in [5.74, 6) is -0.801. The summed E-state index contributed by atoms with van der Waals surface area (Å²) in [6.45, 7) is 0.608. The molecule has 0 aliphatic rings. The molecule has 0 atom stereocenters. The van der Waals surface area contributed by atoms with E-state index in [0.717, 1.165) is 39.0 Å². The largest absolute Gasteiger partial charge is 0.439 e. The second kappa shape index (κ2) is 13.3. The molecule has 0 aromatic heterocycles. The summed E-state index contributed by atoms with van der Waals surface area (Å²) in [6.07, 6.45) is 5.30. The molecule has 0 unspecified atom stereocenters. The van der Waals surface area contributed by atoms with Crippen LogP contribution in [0.5, 0.6) is 0 Å². The van der Waals surface area contributed by atoms with E-state index in [0.29, 0.717) is 16.4 Å². The number of nitro groups is 3. The Kier molecular flexibility index (Phi) is 11.9. The van der Waals surface area contributed by atoms with Crippen molar-refractivity contribution < 1.29 is 24.6 Å². The van der Waals surface area contributed by atoms with Crippen LogP contribution in [0.25, 0.3) is 0 Å². The number of carbonyl (C=O) groups excluding carboxylic acids is 1. The van der Waals surface area contributed by atoms with Gasteiger partial charge in [-0.2, -0.15) is 0 Å². The number of ether oxygens (including phenoxy) is 1. The van der Waals surface area contributed by atoms with E-state index in [1.165, 1.54) is 0 Å². The van der Waals surface area contributed by atoms with Gasteiger partial charge in [0, 0.05) is 6.92 Å². The molecule has 0 amide bonds. The Bertz CT molecular complexity index is 505. The molecule has 0 bridgehead atoms. The van der Waals surface area contributed by atoms with E-state index in [9.17, 15) is 35.1 Å². The first-order chi connectivity index (χ1) is 12.7. The summed E-state index contributed by atoms with van der Waals surface area (Å²) in [7, 11) is 0. The molecule has 0 rings (SSSR count). The average molecular weight is 394 g/mol. The van der Waals surface area contributed by atoms with Crippen LogP contribution in [0.1, 0.15) is 52.4 Å². The maximum Gasteiger partial charge on any atom is 0.304 e. The summed E-state index contributed by atoms with van der Waals surface area (Å²) >= 11 is 0. The Morgan fingerprint density at radius 2 is 1.30 bits per heavy atom. The first-order valence-electron chi connectivity index (χ1n) is 8.50. The molecule has 0 aromatic rings. The van der Waals surface area contributed by atoms with Crippen LogP contribution < -0.4 is 0 Å². The Morgan fingerprint density at radius 1 is 0.815 bits per heavy atom. The maximum atomic E-state index is 11.1. The zero-order valence-electron chi connectivity index (χ0n) is 15.5. The highest BCUT2D eigenvalue weighted by molar-refractivity contribution is 5.65. The summed E-state index contributed by atoms with van der Waals surface area (Å²) in [4.78, 5) is 43.9. The molecule has 0 spiro atoms. The first-order valence-corrected chi connectivity index (χ1v) is 8.50. The summed E-state index contributed by atoms with van der Waals surface area (Å²) in [5.41, 5.74) is 0. The van der Waals surface area contributed by atoms with Gasteiger partial charge in [-0.15, -0.1) is 5.01 Å². The fourth-order valence-electron chi connectivity index (χ4n) is 2.11. The monoisotopic (exact) mass is 394 g/mol. The van der Waals surface area contributed by atoms with Gasteiger partial charge >= 0.3 is 5.97 Å². The van der Waals surface area contributed by atoms with E-state index in [1.807, 2.05) is 0 Å². The van der Waals surface area contributed by atoms with Crippen molar-refractivity contribution >= 4 is 5.97 Å². The normalized spacial score (nSPS) is 10.1. The molecule has 27 heavy (non-hydrogen) atoms. The third-order valence-corrected chi connectivity index (χ3v) is 3.53. The lowest BCUT2D eigenvalue weighted by molar-refractivity contribution is -0.738. The number of hydrogen-bond donors (Lipinski definition) is 0. The fourth-order valence-corrected chi connectivity index (χ4v) is 2.11. The first kappa shape index (κ1) is 24.1. The number of hydrazine groups is 3. The van der Waals surface area contributed by atoms with Crippen LogP contribution in [0.2, 0.25) is 0 Å². The van der Waals surface area contributed by atoms with Crippen molar-refractivity contribution in [3.05, 3.63) is 30.3 Å². The van der Waals surface area contributed by atoms with Crippen molar-refractivity contribution in [1.82, 2.24) is 15.0 Å². The van der Waals surface area contributed by atoms with Crippen molar-refractivity contribution in [1.29, 1.82) is 0 Å².